The molecule has 2 atom stereocenters. The number of nitrogens with zero attached hydrogens (tertiary/aromatic N) is 1. The second kappa shape index (κ2) is 6.97. The number of likely N-dealkylation sites (tertiary alicyclic amines) is 1. The van der Waals surface area contributed by atoms with E-state index in [2.05, 4.69) is 19.1 Å². The minimum atomic E-state index is 0.104. The van der Waals surface area contributed by atoms with Crippen LogP contribution in [0.15, 0.2) is 54.6 Å². The highest BCUT2D eigenvalue weighted by molar-refractivity contribution is 5.95. The van der Waals surface area contributed by atoms with E-state index in [4.69, 9.17) is 5.73 Å². The van der Waals surface area contributed by atoms with Crippen LogP contribution in [-0.2, 0) is 0 Å². The quantitative estimate of drug-likeness (QED) is 0.942. The van der Waals surface area contributed by atoms with Crippen molar-refractivity contribution < 1.29 is 4.79 Å². The molecule has 1 fully saturated rings. The number of carbonyl (C=O) groups excluding carboxylic acids is 1. The molecule has 1 aliphatic rings. The van der Waals surface area contributed by atoms with Crippen molar-refractivity contribution in [3.05, 3.63) is 60.2 Å². The predicted molar refractivity (Wildman–Crippen MR) is 94.2 cm³/mol. The number of hydrogen-bond donors (Lipinski definition) is 1. The van der Waals surface area contributed by atoms with Crippen LogP contribution in [0.4, 0.5) is 0 Å². The van der Waals surface area contributed by atoms with Crippen molar-refractivity contribution in [3.8, 4) is 11.1 Å². The van der Waals surface area contributed by atoms with E-state index in [0.29, 0.717) is 12.5 Å². The Bertz CT molecular complexity index is 651. The van der Waals surface area contributed by atoms with Gasteiger partial charge in [-0.25, -0.2) is 0 Å². The fraction of sp³-hybridized carbons (Fsp3) is 0.350. The van der Waals surface area contributed by atoms with Crippen LogP contribution < -0.4 is 5.73 Å². The Morgan fingerprint density at radius 3 is 2.39 bits per heavy atom. The first-order valence-corrected chi connectivity index (χ1v) is 8.35. The molecule has 2 N–H and O–H groups in total. The van der Waals surface area contributed by atoms with Gasteiger partial charge in [-0.1, -0.05) is 49.4 Å². The zero-order valence-electron chi connectivity index (χ0n) is 13.6. The van der Waals surface area contributed by atoms with Gasteiger partial charge in [0.1, 0.15) is 0 Å². The molecule has 1 amide bonds. The number of rotatable bonds is 3. The van der Waals surface area contributed by atoms with Gasteiger partial charge in [0.05, 0.1) is 0 Å². The van der Waals surface area contributed by atoms with Gasteiger partial charge in [-0.3, -0.25) is 4.79 Å². The predicted octanol–water partition coefficient (Wildman–Crippen LogP) is 3.55. The third-order valence-corrected chi connectivity index (χ3v) is 4.75. The number of carbonyl (C=O) groups is 1. The van der Waals surface area contributed by atoms with E-state index >= 15 is 0 Å². The summed E-state index contributed by atoms with van der Waals surface area (Å²) in [5.41, 5.74) is 8.92. The average molecular weight is 308 g/mol. The van der Waals surface area contributed by atoms with Gasteiger partial charge >= 0.3 is 0 Å². The first-order chi connectivity index (χ1) is 11.2. The number of piperidine rings is 1. The Morgan fingerprint density at radius 2 is 1.74 bits per heavy atom. The molecule has 120 valence electrons. The van der Waals surface area contributed by atoms with E-state index in [0.717, 1.165) is 36.1 Å². The van der Waals surface area contributed by atoms with Gasteiger partial charge < -0.3 is 10.6 Å². The highest BCUT2D eigenvalue weighted by Gasteiger charge is 2.29. The molecule has 3 nitrogen and oxygen atoms in total. The lowest BCUT2D eigenvalue weighted by molar-refractivity contribution is 0.0573. The first kappa shape index (κ1) is 15.8. The third-order valence-electron chi connectivity index (χ3n) is 4.75. The highest BCUT2D eigenvalue weighted by Crippen LogP contribution is 2.25. The van der Waals surface area contributed by atoms with E-state index in [1.165, 1.54) is 0 Å². The Kier molecular flexibility index (Phi) is 4.77. The van der Waals surface area contributed by atoms with Crippen LogP contribution >= 0.6 is 0 Å². The van der Waals surface area contributed by atoms with E-state index in [1.54, 1.807) is 0 Å². The van der Waals surface area contributed by atoms with Crippen molar-refractivity contribution in [2.45, 2.75) is 25.8 Å². The molecule has 0 aromatic heterocycles. The summed E-state index contributed by atoms with van der Waals surface area (Å²) < 4.78 is 0. The second-order valence-electron chi connectivity index (χ2n) is 6.46. The molecule has 2 unspecified atom stereocenters. The molecular weight excluding hydrogens is 284 g/mol. The largest absolute Gasteiger partial charge is 0.334 e. The number of benzene rings is 2. The van der Waals surface area contributed by atoms with E-state index in [-0.39, 0.29) is 11.9 Å². The molecule has 0 bridgehead atoms. The smallest absolute Gasteiger partial charge is 0.254 e. The summed E-state index contributed by atoms with van der Waals surface area (Å²) in [4.78, 5) is 14.7. The summed E-state index contributed by atoms with van der Waals surface area (Å²) in [5, 5.41) is 0. The molecule has 0 aliphatic carbocycles. The SMILES string of the molecule is CC1CCN(C(=O)c2ccc(-c3ccccc3)cc2)C(CN)C1. The van der Waals surface area contributed by atoms with Crippen molar-refractivity contribution in [2.24, 2.45) is 11.7 Å². The van der Waals surface area contributed by atoms with Crippen LogP contribution in [0.5, 0.6) is 0 Å². The number of nitrogens with two attached hydrogens (primary N) is 1. The molecule has 0 spiro atoms. The van der Waals surface area contributed by atoms with Crippen LogP contribution in [0.3, 0.4) is 0 Å². The van der Waals surface area contributed by atoms with Crippen molar-refractivity contribution in [3.63, 3.8) is 0 Å². The molecule has 1 saturated heterocycles. The summed E-state index contributed by atoms with van der Waals surface area (Å²) in [6, 6.07) is 18.3. The van der Waals surface area contributed by atoms with E-state index < -0.39 is 0 Å². The summed E-state index contributed by atoms with van der Waals surface area (Å²) in [7, 11) is 0. The fourth-order valence-corrected chi connectivity index (χ4v) is 3.34. The van der Waals surface area contributed by atoms with Crippen LogP contribution in [-0.4, -0.2) is 29.9 Å². The molecule has 1 heterocycles. The van der Waals surface area contributed by atoms with Gasteiger partial charge in [-0.05, 0) is 42.0 Å². The van der Waals surface area contributed by atoms with E-state index in [1.807, 2.05) is 47.4 Å². The molecule has 3 heteroatoms. The minimum Gasteiger partial charge on any atom is -0.334 e. The molecule has 23 heavy (non-hydrogen) atoms. The van der Waals surface area contributed by atoms with Crippen molar-refractivity contribution in [2.75, 3.05) is 13.1 Å². The molecule has 3 rings (SSSR count). The van der Waals surface area contributed by atoms with E-state index in [9.17, 15) is 4.79 Å². The summed E-state index contributed by atoms with van der Waals surface area (Å²) >= 11 is 0. The lowest BCUT2D eigenvalue weighted by Gasteiger charge is -2.38. The van der Waals surface area contributed by atoms with Crippen molar-refractivity contribution in [1.29, 1.82) is 0 Å². The Balaban J connectivity index is 1.77. The maximum atomic E-state index is 12.8. The standard InChI is InChI=1S/C20H24N2O/c1-15-11-12-22(19(13-15)14-21)20(23)18-9-7-17(8-10-18)16-5-3-2-4-6-16/h2-10,15,19H,11-14,21H2,1H3. The molecule has 2 aromatic carbocycles. The normalized spacial score (nSPS) is 21.2. The van der Waals surface area contributed by atoms with Gasteiger partial charge in [0.2, 0.25) is 0 Å². The minimum absolute atomic E-state index is 0.104. The van der Waals surface area contributed by atoms with Gasteiger partial charge in [-0.15, -0.1) is 0 Å². The van der Waals surface area contributed by atoms with Crippen molar-refractivity contribution >= 4 is 5.91 Å². The summed E-state index contributed by atoms with van der Waals surface area (Å²) in [6.07, 6.45) is 2.06. The summed E-state index contributed by atoms with van der Waals surface area (Å²) in [6.45, 7) is 3.58. The van der Waals surface area contributed by atoms with Crippen LogP contribution in [0, 0.1) is 5.92 Å². The zero-order valence-corrected chi connectivity index (χ0v) is 13.6. The van der Waals surface area contributed by atoms with Crippen molar-refractivity contribution in [1.82, 2.24) is 4.90 Å². The topological polar surface area (TPSA) is 46.3 Å². The van der Waals surface area contributed by atoms with Crippen LogP contribution in [0.1, 0.15) is 30.1 Å². The van der Waals surface area contributed by atoms with Gasteiger partial charge in [0.15, 0.2) is 0 Å². The lowest BCUT2D eigenvalue weighted by Crippen LogP contribution is -2.49. The van der Waals surface area contributed by atoms with Gasteiger partial charge in [-0.2, -0.15) is 0 Å². The molecule has 1 aliphatic heterocycles. The average Bonchev–Trinajstić information content (AvgIpc) is 2.62. The zero-order chi connectivity index (χ0) is 16.2. The first-order valence-electron chi connectivity index (χ1n) is 8.35. The number of amides is 1. The molecule has 0 saturated carbocycles. The van der Waals surface area contributed by atoms with Gasteiger partial charge in [0, 0.05) is 24.7 Å². The molecular formula is C20H24N2O. The molecule has 2 aromatic rings. The Morgan fingerprint density at radius 1 is 1.09 bits per heavy atom. The Hall–Kier alpha value is -2.13. The molecule has 0 radical (unpaired) electrons. The fourth-order valence-electron chi connectivity index (χ4n) is 3.34. The number of hydrogen-bond acceptors (Lipinski definition) is 2. The second-order valence-corrected chi connectivity index (χ2v) is 6.46. The highest BCUT2D eigenvalue weighted by atomic mass is 16.2. The maximum Gasteiger partial charge on any atom is 0.254 e. The van der Waals surface area contributed by atoms with Crippen LogP contribution in [0.25, 0.3) is 11.1 Å². The van der Waals surface area contributed by atoms with Gasteiger partial charge in [0.25, 0.3) is 5.91 Å². The van der Waals surface area contributed by atoms with Crippen LogP contribution in [0.2, 0.25) is 0 Å². The maximum absolute atomic E-state index is 12.8. The monoisotopic (exact) mass is 308 g/mol. The third kappa shape index (κ3) is 3.45. The summed E-state index contributed by atoms with van der Waals surface area (Å²) in [5.74, 6) is 0.750. The Labute approximate surface area is 138 Å². The lowest BCUT2D eigenvalue weighted by atomic mass is 9.91.